The van der Waals surface area contributed by atoms with Crippen molar-refractivity contribution in [3.05, 3.63) is 235 Å². The third-order valence-electron chi connectivity index (χ3n) is 11.8. The number of fused-ring (bicyclic) bond motifs is 6. The molecule has 4 nitrogen and oxygen atoms in total. The Hall–Kier alpha value is -7.73. The second-order valence-electron chi connectivity index (χ2n) is 15.7. The van der Waals surface area contributed by atoms with Gasteiger partial charge in [0.15, 0.2) is 5.84 Å². The van der Waals surface area contributed by atoms with Crippen molar-refractivity contribution in [3.8, 4) is 27.9 Å². The van der Waals surface area contributed by atoms with Crippen LogP contribution in [0.3, 0.4) is 0 Å². The minimum atomic E-state index is 0.198. The lowest BCUT2D eigenvalue weighted by molar-refractivity contribution is 0.863. The molecule has 1 N–H and O–H groups in total. The number of aliphatic imine (C=N–C) groups is 2. The molecule has 11 rings (SSSR count). The van der Waals surface area contributed by atoms with Crippen LogP contribution in [0.5, 0.6) is 0 Å². The summed E-state index contributed by atoms with van der Waals surface area (Å²) in [6.45, 7) is 4.13. The highest BCUT2D eigenvalue weighted by Gasteiger charge is 2.21. The number of thiophene rings is 1. The molecule has 0 amide bonds. The fraction of sp³-hybridized carbons (Fsp3) is 0.0517. The third-order valence-corrected chi connectivity index (χ3v) is 13.1. The maximum Gasteiger partial charge on any atom is 0.151 e. The molecule has 63 heavy (non-hydrogen) atoms. The topological polar surface area (TPSA) is 53.5 Å². The molecule has 2 heterocycles. The molecule has 8 aromatic carbocycles. The van der Waals surface area contributed by atoms with E-state index in [1.807, 2.05) is 47.7 Å². The van der Waals surface area contributed by atoms with Gasteiger partial charge in [0.1, 0.15) is 0 Å². The van der Waals surface area contributed by atoms with Gasteiger partial charge in [-0.15, -0.1) is 11.3 Å². The number of nitrogens with zero attached hydrogens (tertiary/aromatic N) is 3. The highest BCUT2D eigenvalue weighted by atomic mass is 32.1. The first-order valence-electron chi connectivity index (χ1n) is 21.3. The fourth-order valence-electron chi connectivity index (χ4n) is 8.77. The molecule has 1 atom stereocenters. The molecule has 0 fully saturated rings. The zero-order valence-corrected chi connectivity index (χ0v) is 35.5. The van der Waals surface area contributed by atoms with Gasteiger partial charge in [0.2, 0.25) is 0 Å². The molecule has 1 unspecified atom stereocenters. The molecule has 0 bridgehead atoms. The number of benzene rings is 8. The second-order valence-corrected chi connectivity index (χ2v) is 16.7. The molecule has 5 heteroatoms. The van der Waals surface area contributed by atoms with Crippen molar-refractivity contribution >= 4 is 72.1 Å². The van der Waals surface area contributed by atoms with E-state index in [0.717, 1.165) is 34.1 Å². The summed E-state index contributed by atoms with van der Waals surface area (Å²) in [5, 5.41) is 12.8. The highest BCUT2D eigenvalue weighted by molar-refractivity contribution is 7.26. The minimum Gasteiger partial charge on any atom is -0.309 e. The van der Waals surface area contributed by atoms with Gasteiger partial charge in [0.25, 0.3) is 0 Å². The van der Waals surface area contributed by atoms with Gasteiger partial charge in [-0.25, -0.2) is 4.99 Å². The second kappa shape index (κ2) is 17.7. The predicted octanol–water partition coefficient (Wildman–Crippen LogP) is 15.4. The lowest BCUT2D eigenvalue weighted by Gasteiger charge is -2.15. The summed E-state index contributed by atoms with van der Waals surface area (Å²) >= 11 is 1.93. The van der Waals surface area contributed by atoms with Crippen LogP contribution in [-0.2, 0) is 6.54 Å². The van der Waals surface area contributed by atoms with Crippen molar-refractivity contribution < 1.29 is 0 Å². The van der Waals surface area contributed by atoms with Crippen LogP contribution in [0, 0.1) is 5.41 Å². The lowest BCUT2D eigenvalue weighted by Crippen LogP contribution is -1.97. The molecule has 302 valence electrons. The lowest BCUT2D eigenvalue weighted by atomic mass is 9.89. The standard InChI is InChI=1S/C38H29NS.C20H15N3/c1-5-13-27(14-6-1)25-39-26-31-21-22-33(29-17-9-3-10-18-29)38-36(31)35-24-32(28-15-7-2-8-16-28)23-34(37(35)40-38)30-19-11-4-12-20-30;1-22-20(21)14-11-12-19-17(13-14)16-9-5-6-10-18(16)23(19)15-7-3-2-4-8-15/h1-17,19-24,26,29H,18,25H2;2-13,21H,1H2. The van der Waals surface area contributed by atoms with Crippen LogP contribution < -0.4 is 0 Å². The van der Waals surface area contributed by atoms with Gasteiger partial charge in [-0.1, -0.05) is 164 Å². The molecule has 10 aromatic rings. The van der Waals surface area contributed by atoms with Crippen LogP contribution in [0.4, 0.5) is 0 Å². The zero-order chi connectivity index (χ0) is 42.5. The average molecular weight is 829 g/mol. The number of aromatic nitrogens is 1. The summed E-state index contributed by atoms with van der Waals surface area (Å²) in [7, 11) is 0. The van der Waals surface area contributed by atoms with E-state index in [0.29, 0.717) is 12.5 Å². The largest absolute Gasteiger partial charge is 0.309 e. The third kappa shape index (κ3) is 7.87. The Morgan fingerprint density at radius 2 is 1.32 bits per heavy atom. The average Bonchev–Trinajstić information content (AvgIpc) is 3.91. The number of nitrogens with one attached hydrogen (secondary N) is 1. The molecule has 0 radical (unpaired) electrons. The van der Waals surface area contributed by atoms with Crippen molar-refractivity contribution in [2.24, 2.45) is 9.98 Å². The first-order chi connectivity index (χ1) is 31.1. The van der Waals surface area contributed by atoms with E-state index >= 15 is 0 Å². The van der Waals surface area contributed by atoms with Crippen molar-refractivity contribution in [2.45, 2.75) is 18.9 Å². The van der Waals surface area contributed by atoms with E-state index < -0.39 is 0 Å². The maximum absolute atomic E-state index is 7.90. The van der Waals surface area contributed by atoms with Crippen LogP contribution in [0.2, 0.25) is 0 Å². The number of rotatable bonds is 8. The van der Waals surface area contributed by atoms with Crippen molar-refractivity contribution in [1.82, 2.24) is 4.57 Å². The van der Waals surface area contributed by atoms with Crippen molar-refractivity contribution in [1.29, 1.82) is 5.41 Å². The van der Waals surface area contributed by atoms with Crippen LogP contribution >= 0.6 is 11.3 Å². The maximum atomic E-state index is 7.90. The Labute approximate surface area is 371 Å². The van der Waals surface area contributed by atoms with Crippen molar-refractivity contribution in [3.63, 3.8) is 0 Å². The number of allylic oxidation sites excluding steroid dienone is 4. The fourth-order valence-corrected chi connectivity index (χ4v) is 10.2. The zero-order valence-electron chi connectivity index (χ0n) is 34.7. The summed E-state index contributed by atoms with van der Waals surface area (Å²) < 4.78 is 4.95. The summed E-state index contributed by atoms with van der Waals surface area (Å²) in [6.07, 6.45) is 12.1. The van der Waals surface area contributed by atoms with Gasteiger partial charge >= 0.3 is 0 Å². The normalized spacial score (nSPS) is 13.5. The van der Waals surface area contributed by atoms with Crippen LogP contribution in [-0.4, -0.2) is 23.3 Å². The summed E-state index contributed by atoms with van der Waals surface area (Å²) in [4.78, 5) is 8.64. The van der Waals surface area contributed by atoms with E-state index in [1.165, 1.54) is 64.5 Å². The molecule has 0 aliphatic heterocycles. The number of para-hydroxylation sites is 2. The Bertz CT molecular complexity index is 3360. The number of amidine groups is 1. The van der Waals surface area contributed by atoms with Gasteiger partial charge in [0, 0.05) is 65.5 Å². The van der Waals surface area contributed by atoms with Gasteiger partial charge in [-0.05, 0) is 89.5 Å². The van der Waals surface area contributed by atoms with Crippen LogP contribution in [0.15, 0.2) is 222 Å². The molecular weight excluding hydrogens is 785 g/mol. The number of hydrogen-bond acceptors (Lipinski definition) is 3. The molecular formula is C58H44N4S. The van der Waals surface area contributed by atoms with E-state index in [1.54, 1.807) is 0 Å². The van der Waals surface area contributed by atoms with Gasteiger partial charge in [-0.3, -0.25) is 10.4 Å². The summed E-state index contributed by atoms with van der Waals surface area (Å²) in [5.74, 6) is 0.577. The van der Waals surface area contributed by atoms with E-state index in [4.69, 9.17) is 10.4 Å². The minimum absolute atomic E-state index is 0.198. The van der Waals surface area contributed by atoms with Gasteiger partial charge < -0.3 is 4.57 Å². The Morgan fingerprint density at radius 1 is 0.635 bits per heavy atom. The van der Waals surface area contributed by atoms with Gasteiger partial charge in [-0.2, -0.15) is 0 Å². The molecule has 2 aromatic heterocycles. The predicted molar refractivity (Wildman–Crippen MR) is 271 cm³/mol. The smallest absolute Gasteiger partial charge is 0.151 e. The van der Waals surface area contributed by atoms with Crippen LogP contribution in [0.1, 0.15) is 34.6 Å². The first kappa shape index (κ1) is 39.4. The van der Waals surface area contributed by atoms with Crippen molar-refractivity contribution in [2.75, 3.05) is 0 Å². The molecule has 0 saturated carbocycles. The molecule has 0 saturated heterocycles. The summed E-state index contributed by atoms with van der Waals surface area (Å²) in [5.41, 5.74) is 13.0. The Balaban J connectivity index is 0.000000173. The van der Waals surface area contributed by atoms with E-state index in [-0.39, 0.29) is 5.84 Å². The SMILES string of the molecule is C1=CCC(c2ccc(C=NCc3ccccc3)c3c2sc2c(-c4ccccc4)cc(-c4ccccc4)cc23)C=C1.C=NC(=N)c1ccc2c(c1)c1ccccc1n2-c1ccccc1. The number of hydrogen-bond donors (Lipinski definition) is 1. The van der Waals surface area contributed by atoms with Gasteiger partial charge in [0.05, 0.1) is 17.6 Å². The highest BCUT2D eigenvalue weighted by Crippen LogP contribution is 2.47. The van der Waals surface area contributed by atoms with Crippen LogP contribution in [0.25, 0.3) is 69.9 Å². The Morgan fingerprint density at radius 3 is 2.05 bits per heavy atom. The monoisotopic (exact) mass is 828 g/mol. The molecule has 1 aliphatic carbocycles. The van der Waals surface area contributed by atoms with E-state index in [2.05, 4.69) is 198 Å². The van der Waals surface area contributed by atoms with E-state index in [9.17, 15) is 0 Å². The Kier molecular flexibility index (Phi) is 11.1. The first-order valence-corrected chi connectivity index (χ1v) is 22.1. The molecule has 1 aliphatic rings. The summed E-state index contributed by atoms with van der Waals surface area (Å²) in [6, 6.07) is 66.1. The quantitative estimate of drug-likeness (QED) is 0.117. The molecule has 0 spiro atoms.